The van der Waals surface area contributed by atoms with Gasteiger partial charge >= 0.3 is 7.12 Å². The van der Waals surface area contributed by atoms with E-state index in [9.17, 15) is 0 Å². The number of rotatable bonds is 3. The van der Waals surface area contributed by atoms with Crippen LogP contribution in [0.15, 0.2) is 0 Å². The summed E-state index contributed by atoms with van der Waals surface area (Å²) in [7, 11) is -1.11. The molecule has 0 bridgehead atoms. The van der Waals surface area contributed by atoms with Gasteiger partial charge < -0.3 is 18.8 Å². The highest BCUT2D eigenvalue weighted by Crippen LogP contribution is 2.37. The molecule has 1 aromatic rings. The molecule has 2 aliphatic rings. The molecule has 5 nitrogen and oxygen atoms in total. The Morgan fingerprint density at radius 3 is 2.60 bits per heavy atom. The number of thiazole rings is 1. The standard InChI is InChI=1S/C13H20BNO4S/c1-8-10(14-18-12(2,3)13(4,5)19-14)15-11(20-8)17-9-6-16-7-9/h9H,6-7H2,1-5H3/i1D3,6D2,7D2,9D. The van der Waals surface area contributed by atoms with Gasteiger partial charge in [0.15, 0.2) is 0 Å². The lowest BCUT2D eigenvalue weighted by molar-refractivity contribution is -0.0796. The van der Waals surface area contributed by atoms with Crippen molar-refractivity contribution in [2.24, 2.45) is 0 Å². The van der Waals surface area contributed by atoms with Gasteiger partial charge in [0.25, 0.3) is 5.19 Å². The first-order chi connectivity index (χ1) is 12.3. The Bertz CT molecular complexity index is 766. The van der Waals surface area contributed by atoms with E-state index < -0.39 is 44.4 Å². The van der Waals surface area contributed by atoms with Crippen LogP contribution in [-0.2, 0) is 14.0 Å². The molecule has 0 unspecified atom stereocenters. The van der Waals surface area contributed by atoms with Crippen molar-refractivity contribution in [3.05, 3.63) is 4.88 Å². The Kier molecular flexibility index (Phi) is 1.78. The molecule has 1 aromatic heterocycles. The predicted molar refractivity (Wildman–Crippen MR) is 77.8 cm³/mol. The second kappa shape index (κ2) is 4.69. The van der Waals surface area contributed by atoms with E-state index in [1.807, 2.05) is 0 Å². The highest BCUT2D eigenvalue weighted by atomic mass is 32.1. The number of ether oxygens (including phenoxy) is 2. The number of aromatic nitrogens is 1. The highest BCUT2D eigenvalue weighted by Gasteiger charge is 2.53. The second-order valence-corrected chi connectivity index (χ2v) is 6.48. The van der Waals surface area contributed by atoms with Crippen molar-refractivity contribution in [3.8, 4) is 5.19 Å². The zero-order valence-corrected chi connectivity index (χ0v) is 12.4. The van der Waals surface area contributed by atoms with Gasteiger partial charge in [0.2, 0.25) is 0 Å². The van der Waals surface area contributed by atoms with Crippen LogP contribution in [0.3, 0.4) is 0 Å². The summed E-state index contributed by atoms with van der Waals surface area (Å²) in [5.41, 5.74) is -1.56. The maximum absolute atomic E-state index is 8.04. The smallest absolute Gasteiger partial charge is 0.462 e. The van der Waals surface area contributed by atoms with Crippen molar-refractivity contribution in [1.82, 2.24) is 4.98 Å². The highest BCUT2D eigenvalue weighted by molar-refractivity contribution is 7.14. The molecule has 0 aliphatic carbocycles. The molecule has 0 atom stereocenters. The first kappa shape index (κ1) is 7.58. The van der Waals surface area contributed by atoms with Crippen LogP contribution in [0.25, 0.3) is 0 Å². The fraction of sp³-hybridized carbons (Fsp3) is 0.769. The molecule has 2 fully saturated rings. The lowest BCUT2D eigenvalue weighted by atomic mass is 9.84. The molecule has 0 N–H and O–H groups in total. The largest absolute Gasteiger partial charge is 0.515 e. The molecular weight excluding hydrogens is 277 g/mol. The van der Waals surface area contributed by atoms with Crippen LogP contribution in [0.4, 0.5) is 0 Å². The third-order valence-corrected chi connectivity index (χ3v) is 4.35. The minimum absolute atomic E-state index is 0.0661. The van der Waals surface area contributed by atoms with Crippen molar-refractivity contribution in [2.75, 3.05) is 13.1 Å². The minimum atomic E-state index is -2.75. The topological polar surface area (TPSA) is 49.8 Å². The van der Waals surface area contributed by atoms with Crippen LogP contribution in [0.5, 0.6) is 5.19 Å². The fourth-order valence-corrected chi connectivity index (χ4v) is 2.38. The number of hydrogen-bond acceptors (Lipinski definition) is 6. The molecule has 20 heavy (non-hydrogen) atoms. The van der Waals surface area contributed by atoms with Crippen LogP contribution in [0, 0.1) is 6.85 Å². The molecule has 0 saturated carbocycles. The summed E-state index contributed by atoms with van der Waals surface area (Å²) < 4.78 is 83.0. The van der Waals surface area contributed by atoms with Crippen molar-refractivity contribution in [2.45, 2.75) is 51.8 Å². The molecule has 2 saturated heterocycles. The number of nitrogens with zero attached hydrogens (tertiary/aromatic N) is 1. The van der Waals surface area contributed by atoms with E-state index in [4.69, 9.17) is 25.0 Å². The van der Waals surface area contributed by atoms with E-state index in [-0.39, 0.29) is 15.7 Å². The molecule has 110 valence electrons. The molecule has 3 rings (SSSR count). The normalized spacial score (nSPS) is 37.9. The van der Waals surface area contributed by atoms with Gasteiger partial charge in [0.05, 0.1) is 36.8 Å². The maximum atomic E-state index is 8.04. The van der Waals surface area contributed by atoms with Gasteiger partial charge in [0, 0.05) is 8.99 Å². The number of hydrogen-bond donors (Lipinski definition) is 0. The lowest BCUT2D eigenvalue weighted by Crippen LogP contribution is -2.41. The quantitative estimate of drug-likeness (QED) is 0.793. The van der Waals surface area contributed by atoms with E-state index in [1.54, 1.807) is 27.7 Å². The Hall–Kier alpha value is -0.625. The van der Waals surface area contributed by atoms with Crippen molar-refractivity contribution < 1.29 is 29.7 Å². The van der Waals surface area contributed by atoms with Crippen LogP contribution < -0.4 is 10.3 Å². The van der Waals surface area contributed by atoms with E-state index >= 15 is 0 Å². The van der Waals surface area contributed by atoms with Gasteiger partial charge in [-0.3, -0.25) is 0 Å². The second-order valence-electron chi connectivity index (χ2n) is 5.52. The molecule has 0 radical (unpaired) electrons. The molecule has 7 heteroatoms. The van der Waals surface area contributed by atoms with Gasteiger partial charge in [0.1, 0.15) is 6.08 Å². The molecule has 3 heterocycles. The van der Waals surface area contributed by atoms with Crippen molar-refractivity contribution in [1.29, 1.82) is 0 Å². The van der Waals surface area contributed by atoms with Crippen LogP contribution in [-0.4, -0.2) is 42.5 Å². The first-order valence-electron chi connectivity index (χ1n) is 10.1. The summed E-state index contributed by atoms with van der Waals surface area (Å²) in [5, 5.41) is -0.387. The van der Waals surface area contributed by atoms with Crippen molar-refractivity contribution in [3.63, 3.8) is 0 Å². The van der Waals surface area contributed by atoms with Gasteiger partial charge in [-0.15, -0.1) is 0 Å². The zero-order chi connectivity index (χ0) is 21.6. The summed E-state index contributed by atoms with van der Waals surface area (Å²) in [6, 6.07) is 0. The lowest BCUT2D eigenvalue weighted by Gasteiger charge is -2.32. The van der Waals surface area contributed by atoms with Crippen molar-refractivity contribution >= 4 is 24.0 Å². The minimum Gasteiger partial charge on any atom is -0.462 e. The average Bonchev–Trinajstić information content (AvgIpc) is 2.96. The molecular formula is C13H20BNO4S. The summed E-state index contributed by atoms with van der Waals surface area (Å²) in [6.07, 6.45) is -2.75. The summed E-state index contributed by atoms with van der Waals surface area (Å²) in [5.74, 6) is 0. The summed E-state index contributed by atoms with van der Waals surface area (Å²) in [4.78, 5) is 3.86. The van der Waals surface area contributed by atoms with E-state index in [2.05, 4.69) is 9.72 Å². The average molecular weight is 305 g/mol. The summed E-state index contributed by atoms with van der Waals surface area (Å²) >= 11 is 0.566. The number of aryl methyl sites for hydroxylation is 1. The van der Waals surface area contributed by atoms with Crippen LogP contribution >= 0.6 is 11.3 Å². The van der Waals surface area contributed by atoms with Gasteiger partial charge in [-0.1, -0.05) is 11.3 Å². The van der Waals surface area contributed by atoms with Crippen LogP contribution in [0.1, 0.15) is 43.5 Å². The van der Waals surface area contributed by atoms with E-state index in [0.29, 0.717) is 11.3 Å². The summed E-state index contributed by atoms with van der Waals surface area (Å²) in [6.45, 7) is -0.918. The first-order valence-corrected chi connectivity index (χ1v) is 6.91. The van der Waals surface area contributed by atoms with Gasteiger partial charge in [-0.25, -0.2) is 4.98 Å². The maximum Gasteiger partial charge on any atom is 0.515 e. The zero-order valence-electron chi connectivity index (χ0n) is 19.6. The van der Waals surface area contributed by atoms with Gasteiger partial charge in [-0.2, -0.15) is 0 Å². The fourth-order valence-electron chi connectivity index (χ4n) is 1.69. The predicted octanol–water partition coefficient (Wildman–Crippen LogP) is 1.53. The van der Waals surface area contributed by atoms with E-state index in [1.165, 1.54) is 0 Å². The third kappa shape index (κ3) is 2.37. The molecule has 2 aliphatic heterocycles. The van der Waals surface area contributed by atoms with E-state index in [0.717, 1.165) is 0 Å². The third-order valence-electron chi connectivity index (χ3n) is 3.59. The Labute approximate surface area is 135 Å². The Balaban J connectivity index is 1.99. The van der Waals surface area contributed by atoms with Crippen LogP contribution in [0.2, 0.25) is 0 Å². The molecule has 0 spiro atoms. The Morgan fingerprint density at radius 2 is 2.05 bits per heavy atom. The monoisotopic (exact) mass is 305 g/mol. The molecule has 0 amide bonds. The van der Waals surface area contributed by atoms with Gasteiger partial charge in [-0.05, 0) is 34.5 Å². The molecule has 0 aromatic carbocycles. The Morgan fingerprint density at radius 1 is 1.40 bits per heavy atom. The SMILES string of the molecule is [2H]C([2H])([2H])c1sc(OC2([2H])C([2H])([2H])OC2([2H])[2H])nc1B1OC(C)(C)C(C)(C)O1.